The van der Waals surface area contributed by atoms with Gasteiger partial charge in [0.2, 0.25) is 0 Å². The maximum atomic E-state index is 12.3. The van der Waals surface area contributed by atoms with Gasteiger partial charge in [0.15, 0.2) is 5.11 Å². The first kappa shape index (κ1) is 20.1. The molecule has 1 fully saturated rings. The molecule has 0 spiro atoms. The highest BCUT2D eigenvalue weighted by Crippen LogP contribution is 2.29. The number of carbonyl (C=O) groups excluding carboxylic acids is 1. The van der Waals surface area contributed by atoms with E-state index >= 15 is 0 Å². The summed E-state index contributed by atoms with van der Waals surface area (Å²) in [6.07, 6.45) is 0. The maximum Gasteiger partial charge on any atom is 0.257 e. The Balaban J connectivity index is 1.61. The standard InChI is InChI=1S/C19H20BrClN4OS/c1-24-7-9-25(10-8-24)17-6-5-15(12-16(17)21)22-19(27)23-18(26)13-3-2-4-14(20)11-13/h2-6,11-12H,7-10H2,1H3,(H2,22,23,26,27). The lowest BCUT2D eigenvalue weighted by atomic mass is 10.2. The Kier molecular flexibility index (Phi) is 6.70. The molecule has 0 aliphatic carbocycles. The molecular weight excluding hydrogens is 448 g/mol. The van der Waals surface area contributed by atoms with Gasteiger partial charge in [-0.3, -0.25) is 10.1 Å². The summed E-state index contributed by atoms with van der Waals surface area (Å²) >= 11 is 15.1. The zero-order valence-electron chi connectivity index (χ0n) is 14.8. The Morgan fingerprint density at radius 1 is 1.15 bits per heavy atom. The highest BCUT2D eigenvalue weighted by Gasteiger charge is 2.17. The van der Waals surface area contributed by atoms with Crippen molar-refractivity contribution in [1.82, 2.24) is 10.2 Å². The minimum atomic E-state index is -0.269. The van der Waals surface area contributed by atoms with Crippen molar-refractivity contribution >= 4 is 62.1 Å². The van der Waals surface area contributed by atoms with Crippen LogP contribution in [0.25, 0.3) is 0 Å². The molecular formula is C19H20BrClN4OS. The van der Waals surface area contributed by atoms with Crippen molar-refractivity contribution in [2.45, 2.75) is 0 Å². The Labute approximate surface area is 177 Å². The molecule has 0 radical (unpaired) electrons. The molecule has 27 heavy (non-hydrogen) atoms. The molecule has 1 amide bonds. The number of anilines is 2. The van der Waals surface area contributed by atoms with Crippen LogP contribution in [0.2, 0.25) is 5.02 Å². The van der Waals surface area contributed by atoms with Crippen LogP contribution in [0.1, 0.15) is 10.4 Å². The molecule has 1 aliphatic rings. The minimum absolute atomic E-state index is 0.225. The number of halogens is 2. The van der Waals surface area contributed by atoms with Crippen LogP contribution in [-0.4, -0.2) is 49.1 Å². The second-order valence-electron chi connectivity index (χ2n) is 6.38. The average Bonchev–Trinajstić information content (AvgIpc) is 2.63. The quantitative estimate of drug-likeness (QED) is 0.669. The molecule has 1 saturated heterocycles. The van der Waals surface area contributed by atoms with E-state index in [1.54, 1.807) is 18.2 Å². The Hall–Kier alpha value is -1.67. The Morgan fingerprint density at radius 3 is 2.56 bits per heavy atom. The zero-order valence-corrected chi connectivity index (χ0v) is 18.0. The number of thiocarbonyl (C=S) groups is 1. The number of nitrogens with zero attached hydrogens (tertiary/aromatic N) is 2. The molecule has 0 saturated carbocycles. The summed E-state index contributed by atoms with van der Waals surface area (Å²) in [5.74, 6) is -0.269. The number of hydrogen-bond donors (Lipinski definition) is 2. The average molecular weight is 468 g/mol. The third kappa shape index (κ3) is 5.42. The zero-order chi connectivity index (χ0) is 19.4. The fraction of sp³-hybridized carbons (Fsp3) is 0.263. The first-order valence-electron chi connectivity index (χ1n) is 8.53. The number of carbonyl (C=O) groups is 1. The van der Waals surface area contributed by atoms with E-state index < -0.39 is 0 Å². The van der Waals surface area contributed by atoms with E-state index in [-0.39, 0.29) is 11.0 Å². The van der Waals surface area contributed by atoms with Crippen LogP contribution in [0.3, 0.4) is 0 Å². The summed E-state index contributed by atoms with van der Waals surface area (Å²) in [7, 11) is 2.12. The van der Waals surface area contributed by atoms with Crippen molar-refractivity contribution in [2.24, 2.45) is 0 Å². The summed E-state index contributed by atoms with van der Waals surface area (Å²) in [6.45, 7) is 3.93. The molecule has 0 bridgehead atoms. The molecule has 8 heteroatoms. The van der Waals surface area contributed by atoms with Gasteiger partial charge in [-0.15, -0.1) is 0 Å². The molecule has 2 aromatic carbocycles. The third-order valence-electron chi connectivity index (χ3n) is 4.36. The minimum Gasteiger partial charge on any atom is -0.368 e. The second kappa shape index (κ2) is 9.01. The smallest absolute Gasteiger partial charge is 0.257 e. The van der Waals surface area contributed by atoms with Crippen molar-refractivity contribution in [1.29, 1.82) is 0 Å². The van der Waals surface area contributed by atoms with Crippen LogP contribution in [0, 0.1) is 0 Å². The van der Waals surface area contributed by atoms with Gasteiger partial charge in [0.1, 0.15) is 0 Å². The first-order valence-corrected chi connectivity index (χ1v) is 10.1. The molecule has 0 atom stereocenters. The van der Waals surface area contributed by atoms with Crippen LogP contribution in [0.5, 0.6) is 0 Å². The highest BCUT2D eigenvalue weighted by molar-refractivity contribution is 9.10. The van der Waals surface area contributed by atoms with E-state index in [0.29, 0.717) is 10.6 Å². The molecule has 0 aromatic heterocycles. The van der Waals surface area contributed by atoms with Gasteiger partial charge in [0.05, 0.1) is 10.7 Å². The first-order chi connectivity index (χ1) is 12.9. The summed E-state index contributed by atoms with van der Waals surface area (Å²) in [5, 5.41) is 6.57. The fourth-order valence-corrected chi connectivity index (χ4v) is 3.77. The molecule has 2 N–H and O–H groups in total. The van der Waals surface area contributed by atoms with E-state index in [1.807, 2.05) is 24.3 Å². The van der Waals surface area contributed by atoms with Crippen molar-refractivity contribution in [3.05, 3.63) is 57.5 Å². The number of benzene rings is 2. The van der Waals surface area contributed by atoms with Crippen molar-refractivity contribution < 1.29 is 4.79 Å². The summed E-state index contributed by atoms with van der Waals surface area (Å²) < 4.78 is 0.834. The van der Waals surface area contributed by atoms with Crippen LogP contribution in [0.15, 0.2) is 46.9 Å². The number of amides is 1. The predicted molar refractivity (Wildman–Crippen MR) is 119 cm³/mol. The van der Waals surface area contributed by atoms with Gasteiger partial charge < -0.3 is 15.1 Å². The fourth-order valence-electron chi connectivity index (χ4n) is 2.86. The van der Waals surface area contributed by atoms with Gasteiger partial charge in [0, 0.05) is 41.9 Å². The SMILES string of the molecule is CN1CCN(c2ccc(NC(=S)NC(=O)c3cccc(Br)c3)cc2Cl)CC1. The number of nitrogens with one attached hydrogen (secondary N) is 2. The molecule has 5 nitrogen and oxygen atoms in total. The molecule has 1 heterocycles. The van der Waals surface area contributed by atoms with Gasteiger partial charge in [-0.05, 0) is 55.7 Å². The lowest BCUT2D eigenvalue weighted by molar-refractivity contribution is 0.0977. The number of hydrogen-bond acceptors (Lipinski definition) is 4. The van der Waals surface area contributed by atoms with Gasteiger partial charge in [-0.25, -0.2) is 0 Å². The van der Waals surface area contributed by atoms with Crippen LogP contribution >= 0.6 is 39.7 Å². The van der Waals surface area contributed by atoms with E-state index in [1.165, 1.54) is 0 Å². The van der Waals surface area contributed by atoms with Crippen molar-refractivity contribution in [3.63, 3.8) is 0 Å². The van der Waals surface area contributed by atoms with Gasteiger partial charge in [-0.2, -0.15) is 0 Å². The van der Waals surface area contributed by atoms with Gasteiger partial charge in [0.25, 0.3) is 5.91 Å². The predicted octanol–water partition coefficient (Wildman–Crippen LogP) is 3.98. The number of rotatable bonds is 3. The highest BCUT2D eigenvalue weighted by atomic mass is 79.9. The molecule has 1 aliphatic heterocycles. The van der Waals surface area contributed by atoms with Crippen LogP contribution < -0.4 is 15.5 Å². The lowest BCUT2D eigenvalue weighted by Crippen LogP contribution is -2.44. The number of likely N-dealkylation sites (N-methyl/N-ethyl adjacent to an activating group) is 1. The normalized spacial score (nSPS) is 14.7. The largest absolute Gasteiger partial charge is 0.368 e. The van der Waals surface area contributed by atoms with E-state index in [0.717, 1.165) is 42.0 Å². The maximum absolute atomic E-state index is 12.3. The molecule has 3 rings (SSSR count). The lowest BCUT2D eigenvalue weighted by Gasteiger charge is -2.34. The third-order valence-corrected chi connectivity index (χ3v) is 5.36. The Bertz CT molecular complexity index is 855. The molecule has 142 valence electrons. The van der Waals surface area contributed by atoms with E-state index in [9.17, 15) is 4.79 Å². The number of piperazine rings is 1. The van der Waals surface area contributed by atoms with Crippen LogP contribution in [-0.2, 0) is 0 Å². The molecule has 0 unspecified atom stereocenters. The van der Waals surface area contributed by atoms with E-state index in [2.05, 4.69) is 43.4 Å². The van der Waals surface area contributed by atoms with Crippen LogP contribution in [0.4, 0.5) is 11.4 Å². The van der Waals surface area contributed by atoms with Crippen molar-refractivity contribution in [3.8, 4) is 0 Å². The summed E-state index contributed by atoms with van der Waals surface area (Å²) in [5.41, 5.74) is 2.27. The van der Waals surface area contributed by atoms with Crippen molar-refractivity contribution in [2.75, 3.05) is 43.4 Å². The van der Waals surface area contributed by atoms with Gasteiger partial charge in [-0.1, -0.05) is 33.6 Å². The summed E-state index contributed by atoms with van der Waals surface area (Å²) in [4.78, 5) is 16.8. The monoisotopic (exact) mass is 466 g/mol. The van der Waals surface area contributed by atoms with Gasteiger partial charge >= 0.3 is 0 Å². The Morgan fingerprint density at radius 2 is 1.89 bits per heavy atom. The molecule has 2 aromatic rings. The topological polar surface area (TPSA) is 47.6 Å². The summed E-state index contributed by atoms with van der Waals surface area (Å²) in [6, 6.07) is 12.8. The second-order valence-corrected chi connectivity index (χ2v) is 8.11. The van der Waals surface area contributed by atoms with E-state index in [4.69, 9.17) is 23.8 Å².